The third kappa shape index (κ3) is 3.71. The van der Waals surface area contributed by atoms with E-state index >= 15 is 0 Å². The lowest BCUT2D eigenvalue weighted by Gasteiger charge is -2.32. The van der Waals surface area contributed by atoms with Crippen LogP contribution >= 0.6 is 0 Å². The van der Waals surface area contributed by atoms with Crippen molar-refractivity contribution >= 4 is 11.9 Å². The molecule has 1 aliphatic heterocycles. The first-order valence-electron chi connectivity index (χ1n) is 6.46. The topological polar surface area (TPSA) is 76.1 Å². The van der Waals surface area contributed by atoms with Crippen LogP contribution in [0.25, 0.3) is 0 Å². The summed E-state index contributed by atoms with van der Waals surface area (Å²) in [6.45, 7) is 0.948. The Morgan fingerprint density at radius 3 is 2.80 bits per heavy atom. The lowest BCUT2D eigenvalue weighted by atomic mass is 10.2. The van der Waals surface area contributed by atoms with Crippen LogP contribution in [0.4, 0.5) is 0 Å². The van der Waals surface area contributed by atoms with E-state index in [2.05, 4.69) is 0 Å². The highest BCUT2D eigenvalue weighted by Gasteiger charge is 2.32. The van der Waals surface area contributed by atoms with Crippen LogP contribution in [0.15, 0.2) is 30.3 Å². The molecule has 0 spiro atoms. The fraction of sp³-hybridized carbons (Fsp3) is 0.429. The van der Waals surface area contributed by atoms with E-state index in [4.69, 9.17) is 14.6 Å². The molecular formula is C14H17NO5. The van der Waals surface area contributed by atoms with Crippen molar-refractivity contribution in [3.05, 3.63) is 30.3 Å². The predicted octanol–water partition coefficient (Wildman–Crippen LogP) is 0.767. The number of benzene rings is 1. The van der Waals surface area contributed by atoms with Gasteiger partial charge in [-0.2, -0.15) is 0 Å². The van der Waals surface area contributed by atoms with Crippen LogP contribution in [-0.4, -0.2) is 54.3 Å². The number of carbonyl (C=O) groups excluding carboxylic acids is 1. The molecule has 1 aliphatic rings. The van der Waals surface area contributed by atoms with Crippen molar-refractivity contribution in [3.8, 4) is 5.75 Å². The zero-order chi connectivity index (χ0) is 14.4. The van der Waals surface area contributed by atoms with Crippen molar-refractivity contribution in [3.63, 3.8) is 0 Å². The van der Waals surface area contributed by atoms with E-state index < -0.39 is 12.0 Å². The van der Waals surface area contributed by atoms with Crippen molar-refractivity contribution in [2.45, 2.75) is 12.5 Å². The van der Waals surface area contributed by atoms with Gasteiger partial charge >= 0.3 is 5.97 Å². The van der Waals surface area contributed by atoms with Gasteiger partial charge in [0.05, 0.1) is 26.2 Å². The van der Waals surface area contributed by atoms with E-state index in [1.54, 1.807) is 12.1 Å². The molecular weight excluding hydrogens is 262 g/mol. The number of ether oxygens (including phenoxy) is 2. The normalized spacial score (nSPS) is 18.6. The molecule has 0 aliphatic carbocycles. The zero-order valence-electron chi connectivity index (χ0n) is 11.0. The van der Waals surface area contributed by atoms with Gasteiger partial charge in [0.25, 0.3) is 0 Å². The summed E-state index contributed by atoms with van der Waals surface area (Å²) in [4.78, 5) is 24.4. The zero-order valence-corrected chi connectivity index (χ0v) is 11.0. The van der Waals surface area contributed by atoms with E-state index in [1.807, 2.05) is 18.2 Å². The monoisotopic (exact) mass is 279 g/mol. The molecule has 20 heavy (non-hydrogen) atoms. The van der Waals surface area contributed by atoms with Gasteiger partial charge in [0.15, 0.2) is 6.04 Å². The summed E-state index contributed by atoms with van der Waals surface area (Å²) >= 11 is 0. The highest BCUT2D eigenvalue weighted by molar-refractivity contribution is 5.84. The van der Waals surface area contributed by atoms with E-state index in [1.165, 1.54) is 4.90 Å². The summed E-state index contributed by atoms with van der Waals surface area (Å²) in [5, 5.41) is 9.06. The fourth-order valence-electron chi connectivity index (χ4n) is 2.02. The molecule has 0 aromatic heterocycles. The Labute approximate surface area is 116 Å². The maximum absolute atomic E-state index is 12.0. The summed E-state index contributed by atoms with van der Waals surface area (Å²) < 4.78 is 10.5. The number of carboxylic acid groups (broad SMARTS) is 1. The lowest BCUT2D eigenvalue weighted by molar-refractivity contribution is -0.158. The molecule has 1 heterocycles. The van der Waals surface area contributed by atoms with Gasteiger partial charge < -0.3 is 19.5 Å². The van der Waals surface area contributed by atoms with Gasteiger partial charge in [0.1, 0.15) is 5.75 Å². The second-order valence-corrected chi connectivity index (χ2v) is 4.43. The molecule has 1 amide bonds. The largest absolute Gasteiger partial charge is 0.493 e. The maximum Gasteiger partial charge on any atom is 0.328 e. The van der Waals surface area contributed by atoms with Gasteiger partial charge in [-0.05, 0) is 12.1 Å². The molecule has 1 saturated heterocycles. The third-order valence-electron chi connectivity index (χ3n) is 3.06. The highest BCUT2D eigenvalue weighted by Crippen LogP contribution is 2.11. The van der Waals surface area contributed by atoms with Gasteiger partial charge in [-0.25, -0.2) is 4.79 Å². The van der Waals surface area contributed by atoms with Crippen molar-refractivity contribution < 1.29 is 24.2 Å². The molecule has 1 aromatic carbocycles. The van der Waals surface area contributed by atoms with Crippen molar-refractivity contribution in [1.82, 2.24) is 4.90 Å². The third-order valence-corrected chi connectivity index (χ3v) is 3.06. The van der Waals surface area contributed by atoms with E-state index in [0.29, 0.717) is 18.9 Å². The number of nitrogens with zero attached hydrogens (tertiary/aromatic N) is 1. The molecule has 6 nitrogen and oxygen atoms in total. The summed E-state index contributed by atoms with van der Waals surface area (Å²) in [7, 11) is 0. The smallest absolute Gasteiger partial charge is 0.328 e. The number of hydrogen-bond donors (Lipinski definition) is 1. The molecule has 6 heteroatoms. The SMILES string of the molecule is O=C(O)[C@@H]1COCCN1C(=O)CCOc1ccccc1. The number of amides is 1. The quantitative estimate of drug-likeness (QED) is 0.861. The first-order chi connectivity index (χ1) is 9.68. The average Bonchev–Trinajstić information content (AvgIpc) is 2.48. The van der Waals surface area contributed by atoms with Crippen LogP contribution < -0.4 is 4.74 Å². The van der Waals surface area contributed by atoms with Crippen LogP contribution in [-0.2, 0) is 14.3 Å². The molecule has 108 valence electrons. The standard InChI is InChI=1S/C14H17NO5/c16-13(6-8-20-11-4-2-1-3-5-11)15-7-9-19-10-12(15)14(17)18/h1-5,12H,6-10H2,(H,17,18)/t12-/m0/s1. The molecule has 0 unspecified atom stereocenters. The Hall–Kier alpha value is -2.08. The van der Waals surface area contributed by atoms with Crippen LogP contribution in [0.3, 0.4) is 0 Å². The molecule has 0 saturated carbocycles. The Morgan fingerprint density at radius 1 is 1.35 bits per heavy atom. The van der Waals surface area contributed by atoms with E-state index in [0.717, 1.165) is 0 Å². The summed E-state index contributed by atoms with van der Waals surface area (Å²) in [5.74, 6) is -0.573. The molecule has 0 radical (unpaired) electrons. The number of rotatable bonds is 5. The highest BCUT2D eigenvalue weighted by atomic mass is 16.5. The first kappa shape index (κ1) is 14.3. The number of para-hydroxylation sites is 1. The molecule has 1 aromatic rings. The Morgan fingerprint density at radius 2 is 2.10 bits per heavy atom. The minimum atomic E-state index is -1.04. The van der Waals surface area contributed by atoms with E-state index in [9.17, 15) is 9.59 Å². The van der Waals surface area contributed by atoms with Crippen molar-refractivity contribution in [2.24, 2.45) is 0 Å². The van der Waals surface area contributed by atoms with Gasteiger partial charge in [-0.1, -0.05) is 18.2 Å². The molecule has 1 fully saturated rings. The molecule has 1 atom stereocenters. The molecule has 2 rings (SSSR count). The van der Waals surface area contributed by atoms with Gasteiger partial charge in [-0.15, -0.1) is 0 Å². The predicted molar refractivity (Wildman–Crippen MR) is 70.5 cm³/mol. The number of hydrogen-bond acceptors (Lipinski definition) is 4. The number of carboxylic acids is 1. The Balaban J connectivity index is 1.83. The fourth-order valence-corrected chi connectivity index (χ4v) is 2.02. The number of carbonyl (C=O) groups is 2. The van der Waals surface area contributed by atoms with Crippen LogP contribution in [0, 0.1) is 0 Å². The van der Waals surface area contributed by atoms with Crippen LogP contribution in [0.2, 0.25) is 0 Å². The maximum atomic E-state index is 12.0. The van der Waals surface area contributed by atoms with Gasteiger partial charge in [0, 0.05) is 6.54 Å². The second-order valence-electron chi connectivity index (χ2n) is 4.43. The molecule has 0 bridgehead atoms. The van der Waals surface area contributed by atoms with Gasteiger partial charge in [-0.3, -0.25) is 4.79 Å². The first-order valence-corrected chi connectivity index (χ1v) is 6.46. The summed E-state index contributed by atoms with van der Waals surface area (Å²) in [6.07, 6.45) is 0.151. The van der Waals surface area contributed by atoms with Crippen LogP contribution in [0.5, 0.6) is 5.75 Å². The minimum Gasteiger partial charge on any atom is -0.493 e. The number of aliphatic carboxylic acids is 1. The second kappa shape index (κ2) is 6.91. The van der Waals surface area contributed by atoms with Crippen molar-refractivity contribution in [1.29, 1.82) is 0 Å². The lowest BCUT2D eigenvalue weighted by Crippen LogP contribution is -2.52. The average molecular weight is 279 g/mol. The van der Waals surface area contributed by atoms with Crippen molar-refractivity contribution in [2.75, 3.05) is 26.4 Å². The molecule has 1 N–H and O–H groups in total. The summed E-state index contributed by atoms with van der Waals surface area (Å²) in [6, 6.07) is 8.29. The Bertz CT molecular complexity index is 462. The van der Waals surface area contributed by atoms with E-state index in [-0.39, 0.29) is 25.5 Å². The van der Waals surface area contributed by atoms with Crippen LogP contribution in [0.1, 0.15) is 6.42 Å². The number of morpholine rings is 1. The van der Waals surface area contributed by atoms with Gasteiger partial charge in [0.2, 0.25) is 5.91 Å². The Kier molecular flexibility index (Phi) is 4.95. The minimum absolute atomic E-state index is 0.0423. The summed E-state index contributed by atoms with van der Waals surface area (Å²) in [5.41, 5.74) is 0.